The zero-order chi connectivity index (χ0) is 7.61. The minimum atomic E-state index is 0.468. The number of carbonyl (C=O) groups is 1. The Labute approximate surface area is 64.4 Å². The Balaban J connectivity index is 2.46. The van der Waals surface area contributed by atoms with Crippen molar-refractivity contribution >= 4 is 14.4 Å². The van der Waals surface area contributed by atoms with Crippen molar-refractivity contribution in [2.45, 2.75) is 37.8 Å². The number of ketones is 1. The smallest absolute Gasteiger partial charge is 0.132 e. The van der Waals surface area contributed by atoms with E-state index in [1.54, 1.807) is 0 Å². The standard InChI is InChI=1S/C8H15OP/c1-8(10-2)5-3-7(9)4-6-8/h10H,3-6H2,1-2H3. The number of carbonyl (C=O) groups excluding carboxylic acids is 1. The van der Waals surface area contributed by atoms with Gasteiger partial charge < -0.3 is 0 Å². The minimum absolute atomic E-state index is 0.468. The molecule has 1 rings (SSSR count). The molecule has 1 saturated carbocycles. The predicted octanol–water partition coefficient (Wildman–Crippen LogP) is 2.20. The van der Waals surface area contributed by atoms with Gasteiger partial charge in [0.15, 0.2) is 0 Å². The van der Waals surface area contributed by atoms with E-state index in [4.69, 9.17) is 0 Å². The summed E-state index contributed by atoms with van der Waals surface area (Å²) in [6.45, 7) is 4.55. The highest BCUT2D eigenvalue weighted by molar-refractivity contribution is 7.39. The van der Waals surface area contributed by atoms with E-state index in [1.165, 1.54) is 0 Å². The van der Waals surface area contributed by atoms with E-state index in [-0.39, 0.29) is 0 Å². The molecule has 1 aliphatic rings. The summed E-state index contributed by atoms with van der Waals surface area (Å²) < 4.78 is 0. The molecule has 0 aromatic heterocycles. The summed E-state index contributed by atoms with van der Waals surface area (Å²) in [7, 11) is 0.997. The third-order valence-electron chi connectivity index (χ3n) is 2.51. The number of Topliss-reactive ketones (excluding diaryl/α,β-unsaturated/α-hetero) is 1. The molecule has 0 heterocycles. The van der Waals surface area contributed by atoms with E-state index in [0.717, 1.165) is 34.3 Å². The van der Waals surface area contributed by atoms with Gasteiger partial charge in [-0.2, -0.15) is 0 Å². The predicted molar refractivity (Wildman–Crippen MR) is 46.1 cm³/mol. The molecule has 1 fully saturated rings. The summed E-state index contributed by atoms with van der Waals surface area (Å²) in [6.07, 6.45) is 3.91. The van der Waals surface area contributed by atoms with Crippen molar-refractivity contribution in [3.8, 4) is 0 Å². The van der Waals surface area contributed by atoms with Crippen LogP contribution in [-0.4, -0.2) is 17.6 Å². The van der Waals surface area contributed by atoms with Gasteiger partial charge in [-0.3, -0.25) is 4.79 Å². The second-order valence-electron chi connectivity index (χ2n) is 3.35. The van der Waals surface area contributed by atoms with Crippen LogP contribution in [0, 0.1) is 0 Å². The van der Waals surface area contributed by atoms with Crippen LogP contribution in [0.25, 0.3) is 0 Å². The van der Waals surface area contributed by atoms with Crippen molar-refractivity contribution in [1.82, 2.24) is 0 Å². The molecule has 2 heteroatoms. The van der Waals surface area contributed by atoms with Crippen LogP contribution < -0.4 is 0 Å². The maximum absolute atomic E-state index is 10.9. The highest BCUT2D eigenvalue weighted by Crippen LogP contribution is 2.40. The highest BCUT2D eigenvalue weighted by atomic mass is 31.1. The fourth-order valence-corrected chi connectivity index (χ4v) is 2.08. The monoisotopic (exact) mass is 158 g/mol. The molecule has 0 bridgehead atoms. The molecule has 10 heavy (non-hydrogen) atoms. The van der Waals surface area contributed by atoms with E-state index in [1.807, 2.05) is 0 Å². The summed E-state index contributed by atoms with van der Waals surface area (Å²) in [6, 6.07) is 0. The summed E-state index contributed by atoms with van der Waals surface area (Å²) >= 11 is 0. The van der Waals surface area contributed by atoms with Crippen LogP contribution in [0.1, 0.15) is 32.6 Å². The molecule has 0 aliphatic heterocycles. The Kier molecular flexibility index (Phi) is 2.46. The van der Waals surface area contributed by atoms with Crippen LogP contribution in [-0.2, 0) is 4.79 Å². The van der Waals surface area contributed by atoms with Crippen LogP contribution in [0.4, 0.5) is 0 Å². The first-order valence-electron chi connectivity index (χ1n) is 3.87. The highest BCUT2D eigenvalue weighted by Gasteiger charge is 2.27. The summed E-state index contributed by atoms with van der Waals surface area (Å²) in [4.78, 5) is 10.9. The maximum atomic E-state index is 10.9. The van der Waals surface area contributed by atoms with Gasteiger partial charge in [0.1, 0.15) is 5.78 Å². The molecule has 0 aromatic carbocycles. The zero-order valence-corrected chi connectivity index (χ0v) is 7.74. The molecule has 1 nitrogen and oxygen atoms in total. The molecular formula is C8H15OP. The van der Waals surface area contributed by atoms with Crippen molar-refractivity contribution in [2.75, 3.05) is 6.66 Å². The Morgan fingerprint density at radius 3 is 2.30 bits per heavy atom. The lowest BCUT2D eigenvalue weighted by Crippen LogP contribution is -2.25. The van der Waals surface area contributed by atoms with Gasteiger partial charge in [0.2, 0.25) is 0 Å². The zero-order valence-electron chi connectivity index (χ0n) is 6.74. The SMILES string of the molecule is CPC1(C)CCC(=O)CC1. The first kappa shape index (κ1) is 8.20. The van der Waals surface area contributed by atoms with Gasteiger partial charge in [0.05, 0.1) is 0 Å². The quantitative estimate of drug-likeness (QED) is 0.534. The maximum Gasteiger partial charge on any atom is 0.132 e. The lowest BCUT2D eigenvalue weighted by molar-refractivity contribution is -0.120. The lowest BCUT2D eigenvalue weighted by Gasteiger charge is -2.31. The van der Waals surface area contributed by atoms with E-state index < -0.39 is 0 Å². The van der Waals surface area contributed by atoms with Crippen LogP contribution >= 0.6 is 8.58 Å². The number of hydrogen-bond donors (Lipinski definition) is 0. The third-order valence-corrected chi connectivity index (χ3v) is 4.22. The Bertz CT molecular complexity index is 132. The van der Waals surface area contributed by atoms with E-state index in [0.29, 0.717) is 10.9 Å². The van der Waals surface area contributed by atoms with Gasteiger partial charge in [0.25, 0.3) is 0 Å². The van der Waals surface area contributed by atoms with Crippen LogP contribution in [0.15, 0.2) is 0 Å². The second kappa shape index (κ2) is 3.00. The summed E-state index contributed by atoms with van der Waals surface area (Å²) in [5, 5.41) is 0.508. The van der Waals surface area contributed by atoms with Gasteiger partial charge in [-0.1, -0.05) is 6.92 Å². The molecule has 1 atom stereocenters. The largest absolute Gasteiger partial charge is 0.300 e. The normalized spacial score (nSPS) is 26.0. The Hall–Kier alpha value is 0.100. The molecule has 0 spiro atoms. The fraction of sp³-hybridized carbons (Fsp3) is 0.875. The molecule has 0 radical (unpaired) electrons. The van der Waals surface area contributed by atoms with Crippen molar-refractivity contribution in [3.05, 3.63) is 0 Å². The first-order chi connectivity index (χ1) is 4.66. The summed E-state index contributed by atoms with van der Waals surface area (Å²) in [5.41, 5.74) is 0. The van der Waals surface area contributed by atoms with Gasteiger partial charge >= 0.3 is 0 Å². The van der Waals surface area contributed by atoms with Crippen molar-refractivity contribution in [2.24, 2.45) is 0 Å². The van der Waals surface area contributed by atoms with Gasteiger partial charge in [-0.05, 0) is 24.7 Å². The molecule has 0 amide bonds. The number of rotatable bonds is 1. The fourth-order valence-electron chi connectivity index (χ4n) is 1.33. The van der Waals surface area contributed by atoms with Crippen molar-refractivity contribution < 1.29 is 4.79 Å². The van der Waals surface area contributed by atoms with Crippen LogP contribution in [0.2, 0.25) is 0 Å². The van der Waals surface area contributed by atoms with Gasteiger partial charge in [-0.15, -0.1) is 8.58 Å². The number of hydrogen-bond acceptors (Lipinski definition) is 1. The Morgan fingerprint density at radius 2 is 1.90 bits per heavy atom. The van der Waals surface area contributed by atoms with E-state index >= 15 is 0 Å². The van der Waals surface area contributed by atoms with Crippen molar-refractivity contribution in [1.29, 1.82) is 0 Å². The third kappa shape index (κ3) is 1.79. The van der Waals surface area contributed by atoms with Crippen LogP contribution in [0.3, 0.4) is 0 Å². The summed E-state index contributed by atoms with van der Waals surface area (Å²) in [5.74, 6) is 0.468. The topological polar surface area (TPSA) is 17.1 Å². The minimum Gasteiger partial charge on any atom is -0.300 e. The van der Waals surface area contributed by atoms with E-state index in [2.05, 4.69) is 13.6 Å². The van der Waals surface area contributed by atoms with Crippen LogP contribution in [0.5, 0.6) is 0 Å². The van der Waals surface area contributed by atoms with Crippen molar-refractivity contribution in [3.63, 3.8) is 0 Å². The molecule has 0 aromatic rings. The average Bonchev–Trinajstić information content (AvgIpc) is 1.96. The lowest BCUT2D eigenvalue weighted by atomic mass is 9.89. The molecule has 1 unspecified atom stereocenters. The van der Waals surface area contributed by atoms with E-state index in [9.17, 15) is 4.79 Å². The Morgan fingerprint density at radius 1 is 1.40 bits per heavy atom. The van der Waals surface area contributed by atoms with Gasteiger partial charge in [0, 0.05) is 12.8 Å². The molecule has 0 N–H and O–H groups in total. The molecule has 58 valence electrons. The molecule has 0 saturated heterocycles. The average molecular weight is 158 g/mol. The molecular weight excluding hydrogens is 143 g/mol. The first-order valence-corrected chi connectivity index (χ1v) is 5.37. The van der Waals surface area contributed by atoms with Gasteiger partial charge in [-0.25, -0.2) is 0 Å². The second-order valence-corrected chi connectivity index (χ2v) is 5.06. The molecule has 1 aliphatic carbocycles.